The molecule has 5 heteroatoms. The van der Waals surface area contributed by atoms with Crippen LogP contribution in [0.3, 0.4) is 0 Å². The molecule has 1 spiro atoms. The molecule has 26 heavy (non-hydrogen) atoms. The molecule has 152 valence electrons. The van der Waals surface area contributed by atoms with Crippen LogP contribution < -0.4 is 0 Å². The van der Waals surface area contributed by atoms with E-state index in [4.69, 9.17) is 4.74 Å². The predicted octanol–water partition coefficient (Wildman–Crippen LogP) is 2.04. The van der Waals surface area contributed by atoms with E-state index in [1.54, 1.807) is 0 Å². The van der Waals surface area contributed by atoms with Gasteiger partial charge in [0.15, 0.2) is 0 Å². The van der Waals surface area contributed by atoms with Crippen LogP contribution in [0.2, 0.25) is 0 Å². The molecule has 5 nitrogen and oxygen atoms in total. The first-order chi connectivity index (χ1) is 11.9. The Labute approximate surface area is 160 Å². The van der Waals surface area contributed by atoms with Crippen molar-refractivity contribution in [2.75, 3.05) is 46.9 Å². The van der Waals surface area contributed by atoms with Crippen molar-refractivity contribution in [3.8, 4) is 0 Å². The van der Waals surface area contributed by atoms with Crippen molar-refractivity contribution >= 4 is 0 Å². The first-order valence-corrected chi connectivity index (χ1v) is 10.4. The molecule has 0 aromatic rings. The number of rotatable bonds is 4. The number of hydrogen-bond donors (Lipinski definition) is 1. The Kier molecular flexibility index (Phi) is 5.53. The lowest BCUT2D eigenvalue weighted by molar-refractivity contribution is -0.161. The van der Waals surface area contributed by atoms with E-state index in [2.05, 4.69) is 63.4 Å². The summed E-state index contributed by atoms with van der Waals surface area (Å²) < 4.78 is 6.50. The van der Waals surface area contributed by atoms with Gasteiger partial charge in [0, 0.05) is 49.2 Å². The van der Waals surface area contributed by atoms with Crippen LogP contribution in [0.4, 0.5) is 0 Å². The van der Waals surface area contributed by atoms with E-state index in [-0.39, 0.29) is 22.8 Å². The van der Waals surface area contributed by atoms with Gasteiger partial charge in [-0.05, 0) is 68.0 Å². The smallest absolute Gasteiger partial charge is 0.109 e. The van der Waals surface area contributed by atoms with E-state index in [0.29, 0.717) is 12.0 Å². The van der Waals surface area contributed by atoms with E-state index < -0.39 is 0 Å². The van der Waals surface area contributed by atoms with Gasteiger partial charge in [0.2, 0.25) is 0 Å². The Balaban J connectivity index is 1.67. The second kappa shape index (κ2) is 7.00. The molecule has 0 bridgehead atoms. The Morgan fingerprint density at radius 2 is 1.62 bits per heavy atom. The van der Waals surface area contributed by atoms with Gasteiger partial charge in [-0.15, -0.1) is 0 Å². The second-order valence-corrected chi connectivity index (χ2v) is 10.8. The van der Waals surface area contributed by atoms with Crippen LogP contribution in [0.5, 0.6) is 0 Å². The number of aliphatic hydroxyl groups is 1. The van der Waals surface area contributed by atoms with Gasteiger partial charge in [-0.3, -0.25) is 9.80 Å². The largest absolute Gasteiger partial charge is 0.393 e. The van der Waals surface area contributed by atoms with E-state index in [0.717, 1.165) is 52.0 Å². The van der Waals surface area contributed by atoms with Gasteiger partial charge in [0.05, 0.1) is 12.7 Å². The summed E-state index contributed by atoms with van der Waals surface area (Å²) in [6.07, 6.45) is 2.87. The van der Waals surface area contributed by atoms with E-state index in [1.165, 1.54) is 0 Å². The third kappa shape index (κ3) is 3.83. The minimum atomic E-state index is -0.104. The Hall–Kier alpha value is -0.200. The third-order valence-electron chi connectivity index (χ3n) is 7.07. The average molecular weight is 368 g/mol. The highest BCUT2D eigenvalue weighted by Crippen LogP contribution is 2.45. The van der Waals surface area contributed by atoms with Crippen molar-refractivity contribution in [3.63, 3.8) is 0 Å². The Bertz CT molecular complexity index is 486. The molecule has 1 unspecified atom stereocenters. The maximum absolute atomic E-state index is 9.83. The Morgan fingerprint density at radius 3 is 2.12 bits per heavy atom. The fraction of sp³-hybridized carbons (Fsp3) is 1.00. The normalized spacial score (nSPS) is 31.7. The first kappa shape index (κ1) is 20.5. The van der Waals surface area contributed by atoms with Crippen molar-refractivity contribution in [2.45, 2.75) is 82.7 Å². The molecule has 2 atom stereocenters. The SMILES string of the molecule is CN(C)[C@@H]1C(CC(C)(C)N2CCC(O)CC2)COC12CN(C(C)(C)C)C2. The topological polar surface area (TPSA) is 39.2 Å². The summed E-state index contributed by atoms with van der Waals surface area (Å²) in [7, 11) is 4.44. The molecule has 0 aromatic carbocycles. The van der Waals surface area contributed by atoms with Crippen LogP contribution >= 0.6 is 0 Å². The fourth-order valence-corrected chi connectivity index (χ4v) is 5.54. The van der Waals surface area contributed by atoms with Crippen LogP contribution in [0.1, 0.15) is 53.9 Å². The zero-order valence-corrected chi connectivity index (χ0v) is 18.1. The van der Waals surface area contributed by atoms with Crippen LogP contribution in [0.15, 0.2) is 0 Å². The molecule has 0 aromatic heterocycles. The van der Waals surface area contributed by atoms with Crippen molar-refractivity contribution in [2.24, 2.45) is 5.92 Å². The zero-order chi connectivity index (χ0) is 19.3. The molecule has 0 aliphatic carbocycles. The number of ether oxygens (including phenoxy) is 1. The second-order valence-electron chi connectivity index (χ2n) is 10.8. The number of aliphatic hydroxyl groups excluding tert-OH is 1. The van der Waals surface area contributed by atoms with E-state index in [1.807, 2.05) is 0 Å². The molecule has 3 aliphatic heterocycles. The summed E-state index contributed by atoms with van der Waals surface area (Å²) in [6, 6.07) is 0.482. The molecule has 0 amide bonds. The summed E-state index contributed by atoms with van der Waals surface area (Å²) in [5.41, 5.74) is 0.383. The lowest BCUT2D eigenvalue weighted by atomic mass is 9.75. The van der Waals surface area contributed by atoms with E-state index >= 15 is 0 Å². The first-order valence-electron chi connectivity index (χ1n) is 10.4. The molecule has 3 rings (SSSR count). The highest BCUT2D eigenvalue weighted by molar-refractivity contribution is 5.14. The summed E-state index contributed by atoms with van der Waals surface area (Å²) in [6.45, 7) is 16.6. The van der Waals surface area contributed by atoms with Crippen LogP contribution in [-0.2, 0) is 4.74 Å². The van der Waals surface area contributed by atoms with Gasteiger partial charge in [0.1, 0.15) is 5.60 Å². The predicted molar refractivity (Wildman–Crippen MR) is 106 cm³/mol. The van der Waals surface area contributed by atoms with E-state index in [9.17, 15) is 5.11 Å². The molecule has 3 heterocycles. The molecule has 0 saturated carbocycles. The minimum absolute atomic E-state index is 0.00954. The number of likely N-dealkylation sites (tertiary alicyclic amines) is 2. The zero-order valence-electron chi connectivity index (χ0n) is 18.1. The Morgan fingerprint density at radius 1 is 1.04 bits per heavy atom. The van der Waals surface area contributed by atoms with Crippen LogP contribution in [0, 0.1) is 5.92 Å². The quantitative estimate of drug-likeness (QED) is 0.823. The number of nitrogens with zero attached hydrogens (tertiary/aromatic N) is 3. The van der Waals surface area contributed by atoms with Crippen molar-refractivity contribution in [1.29, 1.82) is 0 Å². The number of hydrogen-bond acceptors (Lipinski definition) is 5. The maximum Gasteiger partial charge on any atom is 0.109 e. The summed E-state index contributed by atoms with van der Waals surface area (Å²) in [5.74, 6) is 0.564. The molecule has 3 fully saturated rings. The lowest BCUT2D eigenvalue weighted by Gasteiger charge is -2.57. The maximum atomic E-state index is 9.83. The summed E-state index contributed by atoms with van der Waals surface area (Å²) in [4.78, 5) is 7.54. The monoisotopic (exact) mass is 367 g/mol. The molecule has 0 radical (unpaired) electrons. The van der Waals surface area contributed by atoms with Gasteiger partial charge in [-0.25, -0.2) is 0 Å². The molecular weight excluding hydrogens is 326 g/mol. The van der Waals surface area contributed by atoms with Gasteiger partial charge >= 0.3 is 0 Å². The lowest BCUT2D eigenvalue weighted by Crippen LogP contribution is -2.73. The summed E-state index contributed by atoms with van der Waals surface area (Å²) >= 11 is 0. The molecule has 1 N–H and O–H groups in total. The van der Waals surface area contributed by atoms with Gasteiger partial charge in [-0.2, -0.15) is 0 Å². The fourth-order valence-electron chi connectivity index (χ4n) is 5.54. The highest BCUT2D eigenvalue weighted by Gasteiger charge is 2.59. The van der Waals surface area contributed by atoms with Gasteiger partial charge in [-0.1, -0.05) is 0 Å². The number of likely N-dealkylation sites (N-methyl/N-ethyl adjacent to an activating group) is 1. The van der Waals surface area contributed by atoms with Gasteiger partial charge < -0.3 is 14.7 Å². The summed E-state index contributed by atoms with van der Waals surface area (Å²) in [5, 5.41) is 9.83. The average Bonchev–Trinajstić information content (AvgIpc) is 2.84. The third-order valence-corrected chi connectivity index (χ3v) is 7.07. The molecule has 3 aliphatic rings. The van der Waals surface area contributed by atoms with Gasteiger partial charge in [0.25, 0.3) is 0 Å². The van der Waals surface area contributed by atoms with Crippen LogP contribution in [0.25, 0.3) is 0 Å². The molecule has 3 saturated heterocycles. The van der Waals surface area contributed by atoms with Crippen molar-refractivity contribution < 1.29 is 9.84 Å². The number of piperidine rings is 1. The van der Waals surface area contributed by atoms with Crippen molar-refractivity contribution in [3.05, 3.63) is 0 Å². The van der Waals surface area contributed by atoms with Crippen LogP contribution in [-0.4, -0.2) is 95.5 Å². The van der Waals surface area contributed by atoms with Crippen molar-refractivity contribution in [1.82, 2.24) is 14.7 Å². The minimum Gasteiger partial charge on any atom is -0.393 e. The highest BCUT2D eigenvalue weighted by atomic mass is 16.5. The standard InChI is InChI=1S/C21H41N3O2/c1-19(2,3)24-14-21(15-24)18(22(6)7)16(13-26-21)12-20(4,5)23-10-8-17(25)9-11-23/h16-18,25H,8-15H2,1-7H3/t16?,18-/m1/s1. The molecular formula is C21H41N3O2.